The molecule has 3 nitrogen and oxygen atoms in total. The Hall–Kier alpha value is -1.41. The molecule has 5 heteroatoms. The normalized spacial score (nSPS) is 11.6. The first-order chi connectivity index (χ1) is 7.60. The van der Waals surface area contributed by atoms with Crippen LogP contribution in [0.3, 0.4) is 0 Å². The van der Waals surface area contributed by atoms with Crippen molar-refractivity contribution in [2.24, 2.45) is 0 Å². The summed E-state index contributed by atoms with van der Waals surface area (Å²) < 4.78 is 13.3. The first kappa shape index (κ1) is 12.7. The molecule has 0 saturated heterocycles. The quantitative estimate of drug-likeness (QED) is 0.928. The third-order valence-corrected chi connectivity index (χ3v) is 2.87. The summed E-state index contributed by atoms with van der Waals surface area (Å²) in [4.78, 5) is 11.7. The molecule has 1 aromatic rings. The predicted octanol–water partition coefficient (Wildman–Crippen LogP) is 2.62. The minimum absolute atomic E-state index is 0.111. The Labute approximate surface area is 101 Å². The van der Waals surface area contributed by atoms with E-state index >= 15 is 0 Å². The highest BCUT2D eigenvalue weighted by Crippen LogP contribution is 2.20. The molecule has 0 heterocycles. The molecule has 16 heavy (non-hydrogen) atoms. The van der Waals surface area contributed by atoms with Gasteiger partial charge in [-0.15, -0.1) is 0 Å². The molecule has 0 radical (unpaired) electrons. The van der Waals surface area contributed by atoms with E-state index in [4.69, 9.17) is 5.26 Å². The Morgan fingerprint density at radius 1 is 1.69 bits per heavy atom. The molecule has 0 saturated carbocycles. The molecule has 84 valence electrons. The van der Waals surface area contributed by atoms with Gasteiger partial charge in [0.15, 0.2) is 0 Å². The van der Waals surface area contributed by atoms with Gasteiger partial charge >= 0.3 is 0 Å². The van der Waals surface area contributed by atoms with E-state index in [1.54, 1.807) is 6.92 Å². The van der Waals surface area contributed by atoms with Crippen LogP contribution in [0.1, 0.15) is 23.7 Å². The van der Waals surface area contributed by atoms with E-state index in [9.17, 15) is 9.18 Å². The van der Waals surface area contributed by atoms with Crippen molar-refractivity contribution in [2.75, 3.05) is 0 Å². The summed E-state index contributed by atoms with van der Waals surface area (Å²) in [5.74, 6) is -0.961. The molecule has 0 aromatic heterocycles. The lowest BCUT2D eigenvalue weighted by Crippen LogP contribution is -2.33. The van der Waals surface area contributed by atoms with Gasteiger partial charge in [0.2, 0.25) is 0 Å². The Morgan fingerprint density at radius 2 is 2.38 bits per heavy atom. The van der Waals surface area contributed by atoms with Crippen LogP contribution in [0, 0.1) is 17.1 Å². The maximum atomic E-state index is 13.1. The smallest absolute Gasteiger partial charge is 0.253 e. The second kappa shape index (κ2) is 5.61. The predicted molar refractivity (Wildman–Crippen MR) is 61.3 cm³/mol. The number of rotatable bonds is 3. The lowest BCUT2D eigenvalue weighted by molar-refractivity contribution is 0.0943. The number of nitrogens with one attached hydrogen (secondary N) is 1. The van der Waals surface area contributed by atoms with Gasteiger partial charge in [-0.1, -0.05) is 13.0 Å². The Balaban J connectivity index is 2.90. The van der Waals surface area contributed by atoms with E-state index in [0.717, 1.165) is 0 Å². The van der Waals surface area contributed by atoms with E-state index in [1.165, 1.54) is 18.2 Å². The average Bonchev–Trinajstić information content (AvgIpc) is 2.29. The third-order valence-electron chi connectivity index (χ3n) is 2.07. The van der Waals surface area contributed by atoms with Crippen LogP contribution in [0.2, 0.25) is 0 Å². The third kappa shape index (κ3) is 2.80. The molecule has 1 amide bonds. The van der Waals surface area contributed by atoms with Gasteiger partial charge in [0.1, 0.15) is 11.9 Å². The summed E-state index contributed by atoms with van der Waals surface area (Å²) >= 11 is 3.00. The van der Waals surface area contributed by atoms with E-state index in [2.05, 4.69) is 21.2 Å². The summed E-state index contributed by atoms with van der Waals surface area (Å²) in [7, 11) is 0. The molecule has 0 aliphatic heterocycles. The van der Waals surface area contributed by atoms with E-state index in [0.29, 0.717) is 6.42 Å². The molecule has 1 rings (SSSR count). The molecular weight excluding hydrogens is 275 g/mol. The average molecular weight is 285 g/mol. The first-order valence-corrected chi connectivity index (χ1v) is 5.54. The van der Waals surface area contributed by atoms with Gasteiger partial charge in [-0.05, 0) is 34.5 Å². The minimum Gasteiger partial charge on any atom is -0.336 e. The highest BCUT2D eigenvalue weighted by Gasteiger charge is 2.15. The summed E-state index contributed by atoms with van der Waals surface area (Å²) in [5, 5.41) is 11.2. The molecule has 0 aliphatic carbocycles. The zero-order valence-corrected chi connectivity index (χ0v) is 10.2. The Kier molecular flexibility index (Phi) is 4.44. The van der Waals surface area contributed by atoms with E-state index < -0.39 is 17.8 Å². The van der Waals surface area contributed by atoms with Gasteiger partial charge in [-0.25, -0.2) is 4.39 Å². The molecule has 0 spiro atoms. The maximum absolute atomic E-state index is 13.1. The molecule has 1 unspecified atom stereocenters. The highest BCUT2D eigenvalue weighted by molar-refractivity contribution is 9.10. The van der Waals surface area contributed by atoms with Crippen molar-refractivity contribution in [3.8, 4) is 6.07 Å². The Morgan fingerprint density at radius 3 is 2.94 bits per heavy atom. The minimum atomic E-state index is -0.553. The topological polar surface area (TPSA) is 52.9 Å². The van der Waals surface area contributed by atoms with Crippen LogP contribution < -0.4 is 5.32 Å². The molecule has 1 aromatic carbocycles. The number of nitrogens with zero attached hydrogens (tertiary/aromatic N) is 1. The monoisotopic (exact) mass is 284 g/mol. The van der Waals surface area contributed by atoms with Crippen molar-refractivity contribution in [2.45, 2.75) is 19.4 Å². The van der Waals surface area contributed by atoms with E-state index in [1.807, 2.05) is 6.07 Å². The largest absolute Gasteiger partial charge is 0.336 e. The highest BCUT2D eigenvalue weighted by atomic mass is 79.9. The molecule has 1 atom stereocenters. The summed E-state index contributed by atoms with van der Waals surface area (Å²) in [6.45, 7) is 1.79. The van der Waals surface area contributed by atoms with Crippen molar-refractivity contribution in [3.63, 3.8) is 0 Å². The molecule has 0 aliphatic rings. The van der Waals surface area contributed by atoms with Crippen molar-refractivity contribution in [1.82, 2.24) is 5.32 Å². The van der Waals surface area contributed by atoms with Crippen molar-refractivity contribution >= 4 is 21.8 Å². The van der Waals surface area contributed by atoms with Crippen LogP contribution >= 0.6 is 15.9 Å². The lowest BCUT2D eigenvalue weighted by atomic mass is 10.2. The number of halogens is 2. The fourth-order valence-electron chi connectivity index (χ4n) is 1.14. The molecule has 0 fully saturated rings. The van der Waals surface area contributed by atoms with Crippen LogP contribution in [-0.4, -0.2) is 11.9 Å². The van der Waals surface area contributed by atoms with Crippen molar-refractivity contribution < 1.29 is 9.18 Å². The number of carbonyl (C=O) groups is 1. The number of hydrogen-bond donors (Lipinski definition) is 1. The van der Waals surface area contributed by atoms with Crippen LogP contribution in [0.15, 0.2) is 22.7 Å². The molecular formula is C11H10BrFN2O. The van der Waals surface area contributed by atoms with Crippen LogP contribution in [0.4, 0.5) is 4.39 Å². The number of carbonyl (C=O) groups excluding carboxylic acids is 1. The second-order valence-electron chi connectivity index (χ2n) is 3.16. The number of nitriles is 1. The standard InChI is InChI=1S/C11H10BrFN2O/c1-2-7(6-14)15-11(16)8-4-3-5-9(13)10(8)12/h3-5,7H,2H2,1H3,(H,15,16). The van der Waals surface area contributed by atoms with E-state index in [-0.39, 0.29) is 10.0 Å². The van der Waals surface area contributed by atoms with Gasteiger partial charge in [0.25, 0.3) is 5.91 Å². The van der Waals surface area contributed by atoms with Gasteiger partial charge < -0.3 is 5.32 Å². The fraction of sp³-hybridized carbons (Fsp3) is 0.273. The Bertz CT molecular complexity index is 442. The van der Waals surface area contributed by atoms with Gasteiger partial charge in [-0.2, -0.15) is 5.26 Å². The van der Waals surface area contributed by atoms with Crippen molar-refractivity contribution in [1.29, 1.82) is 5.26 Å². The molecule has 1 N–H and O–H groups in total. The first-order valence-electron chi connectivity index (χ1n) is 4.74. The lowest BCUT2D eigenvalue weighted by Gasteiger charge is -2.10. The van der Waals surface area contributed by atoms with Crippen molar-refractivity contribution in [3.05, 3.63) is 34.1 Å². The zero-order valence-electron chi connectivity index (χ0n) is 8.63. The summed E-state index contributed by atoms with van der Waals surface area (Å²) in [6.07, 6.45) is 0.509. The fourth-order valence-corrected chi connectivity index (χ4v) is 1.59. The van der Waals surface area contributed by atoms with Crippen LogP contribution in [0.25, 0.3) is 0 Å². The van der Waals surface area contributed by atoms with Crippen LogP contribution in [0.5, 0.6) is 0 Å². The number of amides is 1. The number of benzene rings is 1. The summed E-state index contributed by atoms with van der Waals surface area (Å²) in [5.41, 5.74) is 0.189. The zero-order chi connectivity index (χ0) is 12.1. The maximum Gasteiger partial charge on any atom is 0.253 e. The van der Waals surface area contributed by atoms with Gasteiger partial charge in [-0.3, -0.25) is 4.79 Å². The van der Waals surface area contributed by atoms with Gasteiger partial charge in [0.05, 0.1) is 16.1 Å². The summed E-state index contributed by atoms with van der Waals surface area (Å²) in [6, 6.07) is 5.58. The van der Waals surface area contributed by atoms with Gasteiger partial charge in [0, 0.05) is 0 Å². The second-order valence-corrected chi connectivity index (χ2v) is 3.96. The number of hydrogen-bond acceptors (Lipinski definition) is 2. The SMILES string of the molecule is CCC(C#N)NC(=O)c1cccc(F)c1Br. The molecule has 0 bridgehead atoms. The van der Waals surface area contributed by atoms with Crippen LogP contribution in [-0.2, 0) is 0 Å².